The number of hydrogen-bond acceptors (Lipinski definition) is 2. The molecule has 0 unspecified atom stereocenters. The Hall–Kier alpha value is -1.74. The molecule has 21 heavy (non-hydrogen) atoms. The standard InChI is InChI=1S/C17H19ClFNO/c1-2-3-10-21-15-7-4-13(5-8-15)12-20-14-6-9-16(18)17(19)11-14/h4-9,11,20H,2-3,10,12H2,1H3. The van der Waals surface area contributed by atoms with Crippen molar-refractivity contribution >= 4 is 17.3 Å². The Morgan fingerprint density at radius 2 is 1.90 bits per heavy atom. The molecule has 0 heterocycles. The van der Waals surface area contributed by atoms with Crippen molar-refractivity contribution in [3.63, 3.8) is 0 Å². The van der Waals surface area contributed by atoms with Crippen LogP contribution in [0.5, 0.6) is 5.75 Å². The lowest BCUT2D eigenvalue weighted by atomic mass is 10.2. The van der Waals surface area contributed by atoms with Gasteiger partial charge in [-0.05, 0) is 42.3 Å². The third-order valence-corrected chi connectivity index (χ3v) is 3.41. The van der Waals surface area contributed by atoms with E-state index in [1.54, 1.807) is 12.1 Å². The minimum Gasteiger partial charge on any atom is -0.494 e. The van der Waals surface area contributed by atoms with Crippen molar-refractivity contribution < 1.29 is 9.13 Å². The number of anilines is 1. The minimum atomic E-state index is -0.415. The van der Waals surface area contributed by atoms with E-state index in [9.17, 15) is 4.39 Å². The molecular weight excluding hydrogens is 289 g/mol. The van der Waals surface area contributed by atoms with Crippen LogP contribution in [0.15, 0.2) is 42.5 Å². The Kier molecular flexibility index (Phi) is 5.88. The second-order valence-corrected chi connectivity index (χ2v) is 5.24. The molecule has 4 heteroatoms. The van der Waals surface area contributed by atoms with Crippen molar-refractivity contribution in [3.8, 4) is 5.75 Å². The van der Waals surface area contributed by atoms with E-state index >= 15 is 0 Å². The molecule has 0 fully saturated rings. The molecule has 0 bridgehead atoms. The van der Waals surface area contributed by atoms with E-state index in [0.717, 1.165) is 30.8 Å². The average molecular weight is 308 g/mol. The Labute approximate surface area is 129 Å². The summed E-state index contributed by atoms with van der Waals surface area (Å²) in [5.74, 6) is 0.464. The molecule has 0 radical (unpaired) electrons. The Bertz CT molecular complexity index is 572. The van der Waals surface area contributed by atoms with Crippen LogP contribution < -0.4 is 10.1 Å². The van der Waals surface area contributed by atoms with Crippen LogP contribution in [0.4, 0.5) is 10.1 Å². The monoisotopic (exact) mass is 307 g/mol. The predicted molar refractivity (Wildman–Crippen MR) is 85.6 cm³/mol. The first-order chi connectivity index (χ1) is 10.2. The number of benzene rings is 2. The fraction of sp³-hybridized carbons (Fsp3) is 0.294. The quantitative estimate of drug-likeness (QED) is 0.704. The molecule has 0 aromatic heterocycles. The molecule has 1 N–H and O–H groups in total. The number of halogens is 2. The highest BCUT2D eigenvalue weighted by Gasteiger charge is 2.01. The zero-order valence-electron chi connectivity index (χ0n) is 12.0. The molecule has 2 aromatic carbocycles. The molecule has 0 atom stereocenters. The maximum absolute atomic E-state index is 13.3. The highest BCUT2D eigenvalue weighted by molar-refractivity contribution is 6.30. The summed E-state index contributed by atoms with van der Waals surface area (Å²) in [5, 5.41) is 3.29. The van der Waals surface area contributed by atoms with E-state index in [1.165, 1.54) is 6.07 Å². The summed E-state index contributed by atoms with van der Waals surface area (Å²) in [6, 6.07) is 12.6. The molecule has 2 nitrogen and oxygen atoms in total. The molecule has 2 rings (SSSR count). The van der Waals surface area contributed by atoms with E-state index < -0.39 is 5.82 Å². The van der Waals surface area contributed by atoms with E-state index in [4.69, 9.17) is 16.3 Å². The molecule has 0 saturated carbocycles. The van der Waals surface area contributed by atoms with Crippen LogP contribution in [0.1, 0.15) is 25.3 Å². The molecule has 0 aliphatic rings. The minimum absolute atomic E-state index is 0.133. The van der Waals surface area contributed by atoms with Crippen LogP contribution in [0.25, 0.3) is 0 Å². The van der Waals surface area contributed by atoms with Gasteiger partial charge in [0.25, 0.3) is 0 Å². The Balaban J connectivity index is 1.86. The molecule has 0 saturated heterocycles. The van der Waals surface area contributed by atoms with E-state index in [2.05, 4.69) is 12.2 Å². The highest BCUT2D eigenvalue weighted by atomic mass is 35.5. The van der Waals surface area contributed by atoms with Gasteiger partial charge in [0.1, 0.15) is 11.6 Å². The van der Waals surface area contributed by atoms with E-state index in [1.807, 2.05) is 24.3 Å². The fourth-order valence-electron chi connectivity index (χ4n) is 1.85. The second kappa shape index (κ2) is 7.89. The summed E-state index contributed by atoms with van der Waals surface area (Å²) in [6.45, 7) is 3.51. The average Bonchev–Trinajstić information content (AvgIpc) is 2.50. The first kappa shape index (κ1) is 15.6. The SMILES string of the molecule is CCCCOc1ccc(CNc2ccc(Cl)c(F)c2)cc1. The van der Waals surface area contributed by atoms with Gasteiger partial charge in [-0.3, -0.25) is 0 Å². The lowest BCUT2D eigenvalue weighted by molar-refractivity contribution is 0.309. The molecule has 2 aromatic rings. The molecule has 0 amide bonds. The summed E-state index contributed by atoms with van der Waals surface area (Å²) in [5.41, 5.74) is 1.81. The maximum atomic E-state index is 13.3. The number of unbranched alkanes of at least 4 members (excludes halogenated alkanes) is 1. The van der Waals surface area contributed by atoms with Gasteiger partial charge in [-0.2, -0.15) is 0 Å². The van der Waals surface area contributed by atoms with Gasteiger partial charge in [0.15, 0.2) is 0 Å². The largest absolute Gasteiger partial charge is 0.494 e. The van der Waals surface area contributed by atoms with Crippen molar-refractivity contribution in [1.29, 1.82) is 0 Å². The second-order valence-electron chi connectivity index (χ2n) is 4.83. The first-order valence-electron chi connectivity index (χ1n) is 7.09. The highest BCUT2D eigenvalue weighted by Crippen LogP contribution is 2.19. The smallest absolute Gasteiger partial charge is 0.143 e. The maximum Gasteiger partial charge on any atom is 0.143 e. The first-order valence-corrected chi connectivity index (χ1v) is 7.47. The lowest BCUT2D eigenvalue weighted by Crippen LogP contribution is -2.00. The van der Waals surface area contributed by atoms with Crippen LogP contribution in [-0.4, -0.2) is 6.61 Å². The normalized spacial score (nSPS) is 10.4. The summed E-state index contributed by atoms with van der Waals surface area (Å²) < 4.78 is 18.9. The summed E-state index contributed by atoms with van der Waals surface area (Å²) in [6.07, 6.45) is 2.19. The third kappa shape index (κ3) is 4.94. The predicted octanol–water partition coefficient (Wildman–Crippen LogP) is 5.27. The zero-order chi connectivity index (χ0) is 15.1. The fourth-order valence-corrected chi connectivity index (χ4v) is 1.97. The van der Waals surface area contributed by atoms with Gasteiger partial charge in [-0.15, -0.1) is 0 Å². The molecule has 0 aliphatic carbocycles. The van der Waals surface area contributed by atoms with Crippen LogP contribution >= 0.6 is 11.6 Å². The summed E-state index contributed by atoms with van der Waals surface area (Å²) >= 11 is 5.65. The number of ether oxygens (including phenoxy) is 1. The van der Waals surface area contributed by atoms with E-state index in [0.29, 0.717) is 12.2 Å². The van der Waals surface area contributed by atoms with Crippen LogP contribution in [0.2, 0.25) is 5.02 Å². The zero-order valence-corrected chi connectivity index (χ0v) is 12.8. The van der Waals surface area contributed by atoms with Gasteiger partial charge < -0.3 is 10.1 Å². The van der Waals surface area contributed by atoms with E-state index in [-0.39, 0.29) is 5.02 Å². The number of nitrogens with one attached hydrogen (secondary N) is 1. The topological polar surface area (TPSA) is 21.3 Å². The Morgan fingerprint density at radius 1 is 1.14 bits per heavy atom. The number of hydrogen-bond donors (Lipinski definition) is 1. The van der Waals surface area contributed by atoms with Crippen molar-refractivity contribution in [3.05, 3.63) is 58.9 Å². The molecule has 0 spiro atoms. The van der Waals surface area contributed by atoms with Gasteiger partial charge in [-0.25, -0.2) is 4.39 Å². The Morgan fingerprint density at radius 3 is 2.57 bits per heavy atom. The van der Waals surface area contributed by atoms with Crippen LogP contribution in [-0.2, 0) is 6.54 Å². The van der Waals surface area contributed by atoms with Crippen LogP contribution in [0, 0.1) is 5.82 Å². The van der Waals surface area contributed by atoms with Gasteiger partial charge in [0.2, 0.25) is 0 Å². The van der Waals surface area contributed by atoms with Crippen molar-refractivity contribution in [2.24, 2.45) is 0 Å². The van der Waals surface area contributed by atoms with Gasteiger partial charge >= 0.3 is 0 Å². The molecule has 0 aliphatic heterocycles. The van der Waals surface area contributed by atoms with Crippen molar-refractivity contribution in [2.75, 3.05) is 11.9 Å². The number of rotatable bonds is 7. The van der Waals surface area contributed by atoms with Crippen molar-refractivity contribution in [1.82, 2.24) is 0 Å². The van der Waals surface area contributed by atoms with Crippen LogP contribution in [0.3, 0.4) is 0 Å². The van der Waals surface area contributed by atoms with Crippen molar-refractivity contribution in [2.45, 2.75) is 26.3 Å². The van der Waals surface area contributed by atoms with Gasteiger partial charge in [0.05, 0.1) is 11.6 Å². The van der Waals surface area contributed by atoms with Gasteiger partial charge in [-0.1, -0.05) is 37.1 Å². The van der Waals surface area contributed by atoms with Gasteiger partial charge in [0, 0.05) is 12.2 Å². The summed E-state index contributed by atoms with van der Waals surface area (Å²) in [4.78, 5) is 0. The summed E-state index contributed by atoms with van der Waals surface area (Å²) in [7, 11) is 0. The molecular formula is C17H19ClFNO. The molecule has 112 valence electrons. The lowest BCUT2D eigenvalue weighted by Gasteiger charge is -2.09. The third-order valence-electron chi connectivity index (χ3n) is 3.11.